The summed E-state index contributed by atoms with van der Waals surface area (Å²) in [7, 11) is 0. The molecule has 21 heavy (non-hydrogen) atoms. The van der Waals surface area contributed by atoms with Gasteiger partial charge < -0.3 is 16.2 Å². The Balaban J connectivity index is 2.41. The molecule has 0 aromatic rings. The zero-order valence-electron chi connectivity index (χ0n) is 14.0. The monoisotopic (exact) mass is 298 g/mol. The van der Waals surface area contributed by atoms with Gasteiger partial charge in [-0.15, -0.1) is 0 Å². The van der Waals surface area contributed by atoms with E-state index in [1.165, 1.54) is 6.42 Å². The van der Waals surface area contributed by atoms with Gasteiger partial charge in [0.15, 0.2) is 0 Å². The minimum atomic E-state index is 0.131. The number of nitrogens with two attached hydrogens (primary N) is 1. The van der Waals surface area contributed by atoms with E-state index < -0.39 is 0 Å². The third-order valence-electron chi connectivity index (χ3n) is 4.95. The van der Waals surface area contributed by atoms with Crippen LogP contribution in [0.15, 0.2) is 0 Å². The second-order valence-electron chi connectivity index (χ2n) is 7.58. The number of nitrogens with one attached hydrogen (secondary N) is 1. The molecule has 0 aromatic carbocycles. The Bertz CT molecular complexity index is 312. The second kappa shape index (κ2) is 8.74. The fourth-order valence-corrected chi connectivity index (χ4v) is 3.41. The molecule has 4 heteroatoms. The van der Waals surface area contributed by atoms with Gasteiger partial charge in [-0.1, -0.05) is 33.6 Å². The second-order valence-corrected chi connectivity index (χ2v) is 7.58. The van der Waals surface area contributed by atoms with Gasteiger partial charge in [-0.2, -0.15) is 0 Å². The van der Waals surface area contributed by atoms with Crippen LogP contribution in [-0.2, 0) is 4.79 Å². The minimum Gasteiger partial charge on any atom is -0.396 e. The minimum absolute atomic E-state index is 0.131. The molecule has 0 aromatic heterocycles. The van der Waals surface area contributed by atoms with Crippen molar-refractivity contribution in [1.82, 2.24) is 5.32 Å². The number of rotatable bonds is 7. The Hall–Kier alpha value is -0.610. The first kappa shape index (κ1) is 18.4. The first-order chi connectivity index (χ1) is 9.88. The summed E-state index contributed by atoms with van der Waals surface area (Å²) < 4.78 is 0. The molecule has 0 heterocycles. The Morgan fingerprint density at radius 3 is 2.52 bits per heavy atom. The molecule has 0 saturated heterocycles. The first-order valence-corrected chi connectivity index (χ1v) is 8.48. The zero-order valence-corrected chi connectivity index (χ0v) is 14.0. The van der Waals surface area contributed by atoms with Crippen LogP contribution in [0.25, 0.3) is 0 Å². The van der Waals surface area contributed by atoms with Crippen molar-refractivity contribution < 1.29 is 9.90 Å². The van der Waals surface area contributed by atoms with Gasteiger partial charge in [0, 0.05) is 25.0 Å². The smallest absolute Gasteiger partial charge is 0.220 e. The van der Waals surface area contributed by atoms with E-state index in [0.29, 0.717) is 18.9 Å². The summed E-state index contributed by atoms with van der Waals surface area (Å²) in [6.45, 7) is 7.51. The fraction of sp³-hybridized carbons (Fsp3) is 0.941. The lowest BCUT2D eigenvalue weighted by atomic mass is 9.76. The van der Waals surface area contributed by atoms with Gasteiger partial charge in [0.25, 0.3) is 0 Å². The zero-order chi connectivity index (χ0) is 15.9. The fourth-order valence-electron chi connectivity index (χ4n) is 3.41. The molecule has 0 radical (unpaired) electrons. The molecule has 3 atom stereocenters. The predicted octanol–water partition coefficient (Wildman–Crippen LogP) is 2.45. The Labute approximate surface area is 129 Å². The summed E-state index contributed by atoms with van der Waals surface area (Å²) in [6.07, 6.45) is 6.78. The Kier molecular flexibility index (Phi) is 7.67. The van der Waals surface area contributed by atoms with E-state index in [4.69, 9.17) is 5.73 Å². The summed E-state index contributed by atoms with van der Waals surface area (Å²) in [5, 5.41) is 12.5. The first-order valence-electron chi connectivity index (χ1n) is 8.48. The van der Waals surface area contributed by atoms with Crippen molar-refractivity contribution in [2.75, 3.05) is 13.2 Å². The quantitative estimate of drug-likeness (QED) is 0.676. The van der Waals surface area contributed by atoms with E-state index in [1.807, 2.05) is 0 Å². The summed E-state index contributed by atoms with van der Waals surface area (Å²) in [5.41, 5.74) is 5.88. The van der Waals surface area contributed by atoms with Crippen LogP contribution in [0.3, 0.4) is 0 Å². The largest absolute Gasteiger partial charge is 0.396 e. The van der Waals surface area contributed by atoms with Gasteiger partial charge in [-0.25, -0.2) is 0 Å². The molecule has 1 aliphatic rings. The number of carbonyl (C=O) groups excluding carboxylic acids is 1. The maximum absolute atomic E-state index is 12.2. The van der Waals surface area contributed by atoms with Crippen molar-refractivity contribution in [2.45, 2.75) is 71.8 Å². The highest BCUT2D eigenvalue weighted by Gasteiger charge is 2.27. The molecule has 0 aliphatic heterocycles. The summed E-state index contributed by atoms with van der Waals surface area (Å²) in [5.74, 6) is 0.852. The molecular formula is C17H34N2O2. The van der Waals surface area contributed by atoms with Crippen LogP contribution >= 0.6 is 0 Å². The van der Waals surface area contributed by atoms with Crippen molar-refractivity contribution in [2.24, 2.45) is 23.0 Å². The van der Waals surface area contributed by atoms with Crippen LogP contribution in [0.2, 0.25) is 0 Å². The van der Waals surface area contributed by atoms with Crippen molar-refractivity contribution in [3.05, 3.63) is 0 Å². The number of hydrogen-bond acceptors (Lipinski definition) is 3. The molecule has 0 bridgehead atoms. The average molecular weight is 298 g/mol. The lowest BCUT2D eigenvalue weighted by Crippen LogP contribution is -2.43. The number of aliphatic hydroxyl groups is 1. The van der Waals surface area contributed by atoms with Crippen molar-refractivity contribution >= 4 is 5.91 Å². The maximum atomic E-state index is 12.2. The van der Waals surface area contributed by atoms with Crippen LogP contribution in [0.1, 0.15) is 65.7 Å². The molecule has 1 amide bonds. The molecule has 4 N–H and O–H groups in total. The van der Waals surface area contributed by atoms with Crippen LogP contribution in [0.5, 0.6) is 0 Å². The number of amides is 1. The van der Waals surface area contributed by atoms with Gasteiger partial charge in [-0.05, 0) is 43.6 Å². The molecule has 4 nitrogen and oxygen atoms in total. The van der Waals surface area contributed by atoms with Crippen LogP contribution in [-0.4, -0.2) is 30.2 Å². The SMILES string of the molecule is CC(C)(C)C(CCN)CCC(=O)NC1CCCCC1CO. The van der Waals surface area contributed by atoms with Crippen molar-refractivity contribution in [3.63, 3.8) is 0 Å². The third kappa shape index (κ3) is 6.35. The molecule has 0 spiro atoms. The van der Waals surface area contributed by atoms with Gasteiger partial charge in [0.2, 0.25) is 5.91 Å². The summed E-state index contributed by atoms with van der Waals surface area (Å²) in [6, 6.07) is 0.166. The molecule has 1 fully saturated rings. The highest BCUT2D eigenvalue weighted by atomic mass is 16.3. The van der Waals surface area contributed by atoms with E-state index in [2.05, 4.69) is 26.1 Å². The van der Waals surface area contributed by atoms with Gasteiger partial charge in [0.05, 0.1) is 0 Å². The van der Waals surface area contributed by atoms with E-state index in [9.17, 15) is 9.90 Å². The lowest BCUT2D eigenvalue weighted by molar-refractivity contribution is -0.123. The third-order valence-corrected chi connectivity index (χ3v) is 4.95. The van der Waals surface area contributed by atoms with Gasteiger partial charge in [-0.3, -0.25) is 4.79 Å². The predicted molar refractivity (Wildman–Crippen MR) is 86.8 cm³/mol. The number of hydrogen-bond donors (Lipinski definition) is 3. The van der Waals surface area contributed by atoms with Gasteiger partial charge >= 0.3 is 0 Å². The maximum Gasteiger partial charge on any atom is 0.220 e. The Morgan fingerprint density at radius 1 is 1.29 bits per heavy atom. The van der Waals surface area contributed by atoms with E-state index in [0.717, 1.165) is 32.1 Å². The topological polar surface area (TPSA) is 75.4 Å². The van der Waals surface area contributed by atoms with E-state index >= 15 is 0 Å². The standard InChI is InChI=1S/C17H34N2O2/c1-17(2,3)14(10-11-18)8-9-16(21)19-15-7-5-4-6-13(15)12-20/h13-15,20H,4-12,18H2,1-3H3,(H,19,21). The molecule has 1 aliphatic carbocycles. The highest BCUT2D eigenvalue weighted by molar-refractivity contribution is 5.76. The van der Waals surface area contributed by atoms with Crippen LogP contribution < -0.4 is 11.1 Å². The molecule has 124 valence electrons. The number of aliphatic hydroxyl groups excluding tert-OH is 1. The van der Waals surface area contributed by atoms with E-state index in [-0.39, 0.29) is 29.9 Å². The van der Waals surface area contributed by atoms with Crippen LogP contribution in [0, 0.1) is 17.3 Å². The lowest BCUT2D eigenvalue weighted by Gasteiger charge is -2.32. The molecule has 1 saturated carbocycles. The highest BCUT2D eigenvalue weighted by Crippen LogP contribution is 2.32. The molecule has 3 unspecified atom stereocenters. The van der Waals surface area contributed by atoms with E-state index in [1.54, 1.807) is 0 Å². The summed E-state index contributed by atoms with van der Waals surface area (Å²) >= 11 is 0. The average Bonchev–Trinajstić information content (AvgIpc) is 2.42. The Morgan fingerprint density at radius 2 is 1.95 bits per heavy atom. The molecule has 1 rings (SSSR count). The number of carbonyl (C=O) groups is 1. The van der Waals surface area contributed by atoms with Crippen LogP contribution in [0.4, 0.5) is 0 Å². The summed E-state index contributed by atoms with van der Waals surface area (Å²) in [4.78, 5) is 12.2. The van der Waals surface area contributed by atoms with Crippen molar-refractivity contribution in [3.8, 4) is 0 Å². The van der Waals surface area contributed by atoms with Crippen molar-refractivity contribution in [1.29, 1.82) is 0 Å². The van der Waals surface area contributed by atoms with Gasteiger partial charge in [0.1, 0.15) is 0 Å². The normalized spacial score (nSPS) is 24.6. The molecular weight excluding hydrogens is 264 g/mol.